The summed E-state index contributed by atoms with van der Waals surface area (Å²) in [6.45, 7) is 0. The lowest BCUT2D eigenvalue weighted by atomic mass is 10.3. The first-order valence-electron chi connectivity index (χ1n) is 5.12. The Balaban J connectivity index is 2.36. The number of nitrogens with one attached hydrogen (secondary N) is 1. The van der Waals surface area contributed by atoms with E-state index in [1.165, 1.54) is 12.1 Å². The number of sulfonamides is 1. The highest BCUT2D eigenvalue weighted by Gasteiger charge is 2.15. The van der Waals surface area contributed by atoms with Crippen LogP contribution >= 0.6 is 43.5 Å². The zero-order valence-electron chi connectivity index (χ0n) is 9.40. The van der Waals surface area contributed by atoms with Crippen LogP contribution in [0.3, 0.4) is 0 Å². The van der Waals surface area contributed by atoms with Crippen molar-refractivity contribution < 1.29 is 8.42 Å². The fraction of sp³-hybridized carbons (Fsp3) is 0. The lowest BCUT2D eigenvalue weighted by Crippen LogP contribution is -2.13. The predicted octanol–water partition coefficient (Wildman–Crippen LogP) is 4.67. The molecule has 100 valence electrons. The Hall–Kier alpha value is -0.560. The van der Waals surface area contributed by atoms with Gasteiger partial charge in [0.25, 0.3) is 10.0 Å². The van der Waals surface area contributed by atoms with Crippen LogP contribution < -0.4 is 4.72 Å². The molecule has 0 heterocycles. The van der Waals surface area contributed by atoms with Crippen LogP contribution in [0.25, 0.3) is 0 Å². The standard InChI is InChI=1S/C12H8Br2ClNO2S/c13-8-2-1-3-10(6-8)19(17,18)16-12-5-4-9(15)7-11(12)14/h1-7,16H. The van der Waals surface area contributed by atoms with E-state index in [1.54, 1.807) is 30.3 Å². The second-order valence-corrected chi connectivity index (χ2v) is 7.58. The minimum absolute atomic E-state index is 0.184. The van der Waals surface area contributed by atoms with Gasteiger partial charge in [-0.25, -0.2) is 8.42 Å². The number of benzene rings is 2. The van der Waals surface area contributed by atoms with Crippen molar-refractivity contribution in [1.29, 1.82) is 0 Å². The van der Waals surface area contributed by atoms with Crippen LogP contribution in [0.4, 0.5) is 5.69 Å². The number of rotatable bonds is 3. The first kappa shape index (κ1) is 14.8. The third kappa shape index (κ3) is 3.72. The fourth-order valence-electron chi connectivity index (χ4n) is 1.41. The van der Waals surface area contributed by atoms with Crippen molar-refractivity contribution >= 4 is 59.2 Å². The second-order valence-electron chi connectivity index (χ2n) is 3.69. The molecular weight excluding hydrogens is 417 g/mol. The van der Waals surface area contributed by atoms with Crippen LogP contribution in [0.5, 0.6) is 0 Å². The molecule has 3 nitrogen and oxygen atoms in total. The van der Waals surface area contributed by atoms with Gasteiger partial charge in [0.05, 0.1) is 10.6 Å². The zero-order valence-corrected chi connectivity index (χ0v) is 14.1. The normalized spacial score (nSPS) is 11.3. The topological polar surface area (TPSA) is 46.2 Å². The van der Waals surface area contributed by atoms with Gasteiger partial charge in [-0.3, -0.25) is 4.72 Å². The molecule has 0 saturated carbocycles. The van der Waals surface area contributed by atoms with Crippen LogP contribution in [0.2, 0.25) is 5.02 Å². The maximum Gasteiger partial charge on any atom is 0.261 e. The summed E-state index contributed by atoms with van der Waals surface area (Å²) in [6, 6.07) is 11.3. The molecule has 7 heteroatoms. The molecule has 0 spiro atoms. The molecule has 2 rings (SSSR count). The van der Waals surface area contributed by atoms with E-state index in [1.807, 2.05) is 0 Å². The number of hydrogen-bond acceptors (Lipinski definition) is 2. The third-order valence-electron chi connectivity index (χ3n) is 2.28. The van der Waals surface area contributed by atoms with E-state index in [0.29, 0.717) is 19.7 Å². The number of anilines is 1. The van der Waals surface area contributed by atoms with Gasteiger partial charge in [0.1, 0.15) is 0 Å². The Kier molecular flexibility index (Phi) is 4.55. The van der Waals surface area contributed by atoms with Crippen LogP contribution in [0.15, 0.2) is 56.3 Å². The lowest BCUT2D eigenvalue weighted by Gasteiger charge is -2.10. The Labute approximate surface area is 133 Å². The SMILES string of the molecule is O=S(=O)(Nc1ccc(Cl)cc1Br)c1cccc(Br)c1. The Morgan fingerprint density at radius 2 is 1.79 bits per heavy atom. The summed E-state index contributed by atoms with van der Waals surface area (Å²) in [5, 5.41) is 0.525. The Morgan fingerprint density at radius 1 is 1.05 bits per heavy atom. The largest absolute Gasteiger partial charge is 0.278 e. The average molecular weight is 426 g/mol. The van der Waals surface area contributed by atoms with Gasteiger partial charge in [0.15, 0.2) is 0 Å². The molecule has 0 atom stereocenters. The zero-order chi connectivity index (χ0) is 14.0. The molecular formula is C12H8Br2ClNO2S. The molecule has 19 heavy (non-hydrogen) atoms. The summed E-state index contributed by atoms with van der Waals surface area (Å²) < 4.78 is 28.2. The van der Waals surface area contributed by atoms with Crippen LogP contribution in [0.1, 0.15) is 0 Å². The maximum atomic E-state index is 12.2. The molecule has 0 bridgehead atoms. The smallest absolute Gasteiger partial charge is 0.261 e. The number of hydrogen-bond donors (Lipinski definition) is 1. The monoisotopic (exact) mass is 423 g/mol. The van der Waals surface area contributed by atoms with E-state index in [0.717, 1.165) is 0 Å². The highest BCUT2D eigenvalue weighted by molar-refractivity contribution is 9.10. The van der Waals surface area contributed by atoms with Crippen molar-refractivity contribution in [3.63, 3.8) is 0 Å². The Bertz CT molecular complexity index is 719. The third-order valence-corrected chi connectivity index (χ3v) is 5.03. The van der Waals surface area contributed by atoms with E-state index in [-0.39, 0.29) is 4.90 Å². The van der Waals surface area contributed by atoms with Crippen molar-refractivity contribution in [2.24, 2.45) is 0 Å². The predicted molar refractivity (Wildman–Crippen MR) is 84.1 cm³/mol. The quantitative estimate of drug-likeness (QED) is 0.777. The van der Waals surface area contributed by atoms with Crippen LogP contribution in [0, 0.1) is 0 Å². The van der Waals surface area contributed by atoms with Gasteiger partial charge in [-0.1, -0.05) is 33.6 Å². The summed E-state index contributed by atoms with van der Waals surface area (Å²) >= 11 is 12.3. The molecule has 0 aliphatic rings. The van der Waals surface area contributed by atoms with Crippen molar-refractivity contribution in [2.75, 3.05) is 4.72 Å². The van der Waals surface area contributed by atoms with Gasteiger partial charge >= 0.3 is 0 Å². The van der Waals surface area contributed by atoms with E-state index < -0.39 is 10.0 Å². The molecule has 0 amide bonds. The van der Waals surface area contributed by atoms with Gasteiger partial charge in [0.2, 0.25) is 0 Å². The fourth-order valence-corrected chi connectivity index (χ4v) is 4.00. The summed E-state index contributed by atoms with van der Waals surface area (Å²) in [5.74, 6) is 0. The van der Waals surface area contributed by atoms with Crippen molar-refractivity contribution in [1.82, 2.24) is 0 Å². The molecule has 0 aromatic heterocycles. The molecule has 0 aliphatic heterocycles. The first-order chi connectivity index (χ1) is 8.88. The average Bonchev–Trinajstić information content (AvgIpc) is 2.33. The van der Waals surface area contributed by atoms with Crippen LogP contribution in [-0.4, -0.2) is 8.42 Å². The van der Waals surface area contributed by atoms with Gasteiger partial charge in [-0.05, 0) is 52.3 Å². The second kappa shape index (κ2) is 5.83. The molecule has 2 aromatic carbocycles. The minimum Gasteiger partial charge on any atom is -0.278 e. The lowest BCUT2D eigenvalue weighted by molar-refractivity contribution is 0.601. The van der Waals surface area contributed by atoms with E-state index in [9.17, 15) is 8.42 Å². The highest BCUT2D eigenvalue weighted by atomic mass is 79.9. The van der Waals surface area contributed by atoms with Gasteiger partial charge < -0.3 is 0 Å². The molecule has 2 aromatic rings. The van der Waals surface area contributed by atoms with Crippen molar-refractivity contribution in [3.8, 4) is 0 Å². The molecule has 0 saturated heterocycles. The Morgan fingerprint density at radius 3 is 2.42 bits per heavy atom. The maximum absolute atomic E-state index is 12.2. The summed E-state index contributed by atoms with van der Waals surface area (Å²) in [7, 11) is -3.62. The van der Waals surface area contributed by atoms with Crippen LogP contribution in [-0.2, 0) is 10.0 Å². The summed E-state index contributed by atoms with van der Waals surface area (Å²) in [6.07, 6.45) is 0. The van der Waals surface area contributed by atoms with Crippen molar-refractivity contribution in [2.45, 2.75) is 4.90 Å². The number of halogens is 3. The molecule has 0 aliphatic carbocycles. The molecule has 1 N–H and O–H groups in total. The molecule has 0 radical (unpaired) electrons. The van der Waals surface area contributed by atoms with Gasteiger partial charge in [0, 0.05) is 14.0 Å². The molecule has 0 fully saturated rings. The van der Waals surface area contributed by atoms with E-state index >= 15 is 0 Å². The first-order valence-corrected chi connectivity index (χ1v) is 8.57. The van der Waals surface area contributed by atoms with Gasteiger partial charge in [-0.2, -0.15) is 0 Å². The minimum atomic E-state index is -3.62. The van der Waals surface area contributed by atoms with Crippen molar-refractivity contribution in [3.05, 3.63) is 56.4 Å². The molecule has 0 unspecified atom stereocenters. The highest BCUT2D eigenvalue weighted by Crippen LogP contribution is 2.28. The van der Waals surface area contributed by atoms with E-state index in [2.05, 4.69) is 36.6 Å². The van der Waals surface area contributed by atoms with E-state index in [4.69, 9.17) is 11.6 Å². The van der Waals surface area contributed by atoms with Gasteiger partial charge in [-0.15, -0.1) is 0 Å². The summed E-state index contributed by atoms with van der Waals surface area (Å²) in [5.41, 5.74) is 0.435. The summed E-state index contributed by atoms with van der Waals surface area (Å²) in [4.78, 5) is 0.184.